The van der Waals surface area contributed by atoms with E-state index in [0.717, 1.165) is 39.2 Å². The molecule has 0 atom stereocenters. The van der Waals surface area contributed by atoms with Crippen LogP contribution in [0.2, 0.25) is 0 Å². The summed E-state index contributed by atoms with van der Waals surface area (Å²) in [6.45, 7) is 6.55. The van der Waals surface area contributed by atoms with Crippen molar-refractivity contribution in [2.24, 2.45) is 4.99 Å². The second-order valence-corrected chi connectivity index (χ2v) is 8.19. The lowest BCUT2D eigenvalue weighted by atomic mass is 10.1. The Balaban J connectivity index is 1.70. The molecule has 4 rings (SSSR count). The Labute approximate surface area is 172 Å². The maximum atomic E-state index is 12.7. The number of aryl methyl sites for hydroxylation is 3. The van der Waals surface area contributed by atoms with Crippen LogP contribution in [0.1, 0.15) is 45.2 Å². The minimum absolute atomic E-state index is 0.333. The smallest absolute Gasteiger partial charge is 0.268 e. The Morgan fingerprint density at radius 3 is 2.34 bits per heavy atom. The molecule has 148 valence electrons. The van der Waals surface area contributed by atoms with E-state index in [-0.39, 0.29) is 6.54 Å². The number of imide groups is 1. The number of benzene rings is 2. The highest BCUT2D eigenvalue weighted by Gasteiger charge is 2.36. The van der Waals surface area contributed by atoms with Crippen LogP contribution in [0.5, 0.6) is 0 Å². The molecule has 3 amide bonds. The second kappa shape index (κ2) is 7.40. The van der Waals surface area contributed by atoms with E-state index < -0.39 is 17.7 Å². The maximum Gasteiger partial charge on any atom is 0.268 e. The first-order valence-electron chi connectivity index (χ1n) is 9.54. The summed E-state index contributed by atoms with van der Waals surface area (Å²) in [4.78, 5) is 43.5. The number of aromatic nitrogens is 1. The maximum absolute atomic E-state index is 12.7. The molecule has 1 aliphatic rings. The number of carbonyl (C=O) groups excluding carboxylic acids is 3. The number of hydrogen-bond acceptors (Lipinski definition) is 4. The third-order valence-electron chi connectivity index (χ3n) is 4.95. The zero-order valence-corrected chi connectivity index (χ0v) is 17.4. The van der Waals surface area contributed by atoms with Gasteiger partial charge in [-0.25, -0.2) is 0 Å². The summed E-state index contributed by atoms with van der Waals surface area (Å²) in [6, 6.07) is 10.8. The molecule has 0 saturated heterocycles. The fourth-order valence-corrected chi connectivity index (χ4v) is 4.82. The van der Waals surface area contributed by atoms with Gasteiger partial charge in [0, 0.05) is 6.54 Å². The Hall–Kier alpha value is -3.06. The zero-order chi connectivity index (χ0) is 20.7. The number of amides is 3. The van der Waals surface area contributed by atoms with Crippen molar-refractivity contribution in [1.29, 1.82) is 0 Å². The third kappa shape index (κ3) is 3.31. The van der Waals surface area contributed by atoms with E-state index in [9.17, 15) is 14.4 Å². The number of rotatable bonds is 4. The Morgan fingerprint density at radius 1 is 1.07 bits per heavy atom. The summed E-state index contributed by atoms with van der Waals surface area (Å²) >= 11 is 1.46. The quantitative estimate of drug-likeness (QED) is 0.622. The topological polar surface area (TPSA) is 71.7 Å². The fourth-order valence-electron chi connectivity index (χ4n) is 3.70. The van der Waals surface area contributed by atoms with Gasteiger partial charge >= 0.3 is 0 Å². The summed E-state index contributed by atoms with van der Waals surface area (Å²) in [5, 5.41) is 0. The predicted octanol–water partition coefficient (Wildman–Crippen LogP) is 3.45. The van der Waals surface area contributed by atoms with Crippen LogP contribution < -0.4 is 4.80 Å². The molecule has 0 bridgehead atoms. The summed E-state index contributed by atoms with van der Waals surface area (Å²) < 4.78 is 3.14. The van der Waals surface area contributed by atoms with Crippen LogP contribution >= 0.6 is 11.3 Å². The molecular formula is C22H21N3O3S. The average Bonchev–Trinajstić information content (AvgIpc) is 3.14. The summed E-state index contributed by atoms with van der Waals surface area (Å²) in [6.07, 6.45) is 0.901. The van der Waals surface area contributed by atoms with E-state index in [1.807, 2.05) is 18.4 Å². The van der Waals surface area contributed by atoms with Gasteiger partial charge in [-0.3, -0.25) is 19.3 Å². The number of fused-ring (bicyclic) bond motifs is 2. The van der Waals surface area contributed by atoms with Gasteiger partial charge in [0.25, 0.3) is 17.7 Å². The van der Waals surface area contributed by atoms with Crippen molar-refractivity contribution >= 4 is 39.3 Å². The fraction of sp³-hybridized carbons (Fsp3) is 0.273. The predicted molar refractivity (Wildman–Crippen MR) is 112 cm³/mol. The monoisotopic (exact) mass is 407 g/mol. The van der Waals surface area contributed by atoms with Gasteiger partial charge in [-0.05, 0) is 49.6 Å². The molecule has 2 aromatic carbocycles. The number of nitrogens with zero attached hydrogens (tertiary/aromatic N) is 3. The molecule has 7 heteroatoms. The van der Waals surface area contributed by atoms with E-state index in [4.69, 9.17) is 0 Å². The molecule has 0 radical (unpaired) electrons. The number of hydrogen-bond donors (Lipinski definition) is 0. The first-order valence-corrected chi connectivity index (χ1v) is 10.4. The molecule has 0 spiro atoms. The molecule has 1 aromatic heterocycles. The van der Waals surface area contributed by atoms with Crippen LogP contribution in [0.3, 0.4) is 0 Å². The van der Waals surface area contributed by atoms with Crippen LogP contribution in [0.4, 0.5) is 0 Å². The van der Waals surface area contributed by atoms with Gasteiger partial charge < -0.3 is 4.57 Å². The van der Waals surface area contributed by atoms with Crippen molar-refractivity contribution in [3.05, 3.63) is 63.5 Å². The van der Waals surface area contributed by atoms with Crippen molar-refractivity contribution in [3.8, 4) is 0 Å². The average molecular weight is 407 g/mol. The van der Waals surface area contributed by atoms with E-state index in [1.165, 1.54) is 11.3 Å². The molecule has 29 heavy (non-hydrogen) atoms. The molecule has 0 saturated carbocycles. The third-order valence-corrected chi connectivity index (χ3v) is 6.18. The SMILES string of the molecule is CCCn1c(=NC(=O)CN2C(=O)c3ccccc3C2=O)sc2c(C)cc(C)cc21. The Bertz CT molecular complexity index is 1200. The van der Waals surface area contributed by atoms with Gasteiger partial charge in [0.2, 0.25) is 0 Å². The molecule has 0 fully saturated rings. The normalized spacial score (nSPS) is 14.2. The van der Waals surface area contributed by atoms with Crippen molar-refractivity contribution in [2.45, 2.75) is 33.7 Å². The van der Waals surface area contributed by atoms with Crippen LogP contribution in [0.25, 0.3) is 10.2 Å². The van der Waals surface area contributed by atoms with Crippen molar-refractivity contribution in [2.75, 3.05) is 6.54 Å². The van der Waals surface area contributed by atoms with E-state index in [2.05, 4.69) is 24.0 Å². The highest BCUT2D eigenvalue weighted by atomic mass is 32.1. The van der Waals surface area contributed by atoms with Gasteiger partial charge in [-0.1, -0.05) is 36.5 Å². The number of carbonyl (C=O) groups is 3. The van der Waals surface area contributed by atoms with Crippen LogP contribution in [0, 0.1) is 13.8 Å². The molecule has 0 N–H and O–H groups in total. The molecule has 1 aliphatic heterocycles. The zero-order valence-electron chi connectivity index (χ0n) is 16.6. The van der Waals surface area contributed by atoms with Crippen LogP contribution in [0.15, 0.2) is 41.4 Å². The van der Waals surface area contributed by atoms with E-state index in [0.29, 0.717) is 15.9 Å². The molecule has 0 unspecified atom stereocenters. The molecule has 3 aromatic rings. The van der Waals surface area contributed by atoms with Gasteiger partial charge in [-0.2, -0.15) is 4.99 Å². The minimum atomic E-state index is -0.509. The highest BCUT2D eigenvalue weighted by molar-refractivity contribution is 7.16. The lowest BCUT2D eigenvalue weighted by Gasteiger charge is -2.10. The van der Waals surface area contributed by atoms with Crippen molar-refractivity contribution in [3.63, 3.8) is 0 Å². The lowest BCUT2D eigenvalue weighted by molar-refractivity contribution is -0.118. The minimum Gasteiger partial charge on any atom is -0.316 e. The van der Waals surface area contributed by atoms with Crippen molar-refractivity contribution < 1.29 is 14.4 Å². The molecule has 2 heterocycles. The summed E-state index contributed by atoms with van der Waals surface area (Å²) in [5.74, 6) is -1.40. The molecular weight excluding hydrogens is 386 g/mol. The Morgan fingerprint density at radius 2 is 1.72 bits per heavy atom. The second-order valence-electron chi connectivity index (χ2n) is 7.21. The Kier molecular flexibility index (Phi) is 4.92. The summed E-state index contributed by atoms with van der Waals surface area (Å²) in [7, 11) is 0. The van der Waals surface area contributed by atoms with Crippen molar-refractivity contribution in [1.82, 2.24) is 9.47 Å². The largest absolute Gasteiger partial charge is 0.316 e. The standard InChI is InChI=1S/C22H21N3O3S/c1-4-9-24-17-11-13(2)10-14(3)19(17)29-22(24)23-18(26)12-25-20(27)15-7-5-6-8-16(15)21(25)28/h5-8,10-11H,4,9,12H2,1-3H3. The first kappa shape index (κ1) is 19.3. The number of thiazole rings is 1. The highest BCUT2D eigenvalue weighted by Crippen LogP contribution is 2.24. The molecule has 0 aliphatic carbocycles. The first-order chi connectivity index (χ1) is 13.9. The van der Waals surface area contributed by atoms with Gasteiger partial charge in [0.05, 0.1) is 21.3 Å². The van der Waals surface area contributed by atoms with Crippen LogP contribution in [-0.4, -0.2) is 33.7 Å². The van der Waals surface area contributed by atoms with E-state index in [1.54, 1.807) is 24.3 Å². The van der Waals surface area contributed by atoms with Crippen LogP contribution in [-0.2, 0) is 11.3 Å². The molecule has 6 nitrogen and oxygen atoms in total. The van der Waals surface area contributed by atoms with Gasteiger partial charge in [-0.15, -0.1) is 0 Å². The van der Waals surface area contributed by atoms with Gasteiger partial charge in [0.15, 0.2) is 4.80 Å². The van der Waals surface area contributed by atoms with E-state index >= 15 is 0 Å². The summed E-state index contributed by atoms with van der Waals surface area (Å²) in [5.41, 5.74) is 4.02. The lowest BCUT2D eigenvalue weighted by Crippen LogP contribution is -2.35. The van der Waals surface area contributed by atoms with Gasteiger partial charge in [0.1, 0.15) is 6.54 Å².